The standard InChI is InChI=1S/C24H24N2O3/c1-3-29-18-13-14-22(27)20(15-18)23-25-21-12-8-7-11-19(21)24(28)26(23)16(2)17-9-5-4-6-10-17/h4-16,23,25,27H,3H2,1-2H3/t16-,23+/m0/s1. The molecule has 3 aromatic carbocycles. The minimum Gasteiger partial charge on any atom is -0.508 e. The van der Waals surface area contributed by atoms with Crippen molar-refractivity contribution < 1.29 is 14.6 Å². The monoisotopic (exact) mass is 388 g/mol. The number of nitrogens with one attached hydrogen (secondary N) is 1. The Bertz CT molecular complexity index is 1020. The van der Waals surface area contributed by atoms with Crippen molar-refractivity contribution in [3.05, 3.63) is 89.5 Å². The molecule has 0 fully saturated rings. The third-order valence-electron chi connectivity index (χ3n) is 5.27. The van der Waals surface area contributed by atoms with Crippen LogP contribution in [0.4, 0.5) is 5.69 Å². The Balaban J connectivity index is 1.83. The number of carbonyl (C=O) groups is 1. The molecule has 5 heteroatoms. The van der Waals surface area contributed by atoms with E-state index >= 15 is 0 Å². The minimum atomic E-state index is -0.534. The zero-order valence-electron chi connectivity index (χ0n) is 16.5. The Labute approximate surface area is 170 Å². The lowest BCUT2D eigenvalue weighted by Gasteiger charge is -2.42. The van der Waals surface area contributed by atoms with Gasteiger partial charge in [0.15, 0.2) is 0 Å². The van der Waals surface area contributed by atoms with Crippen LogP contribution in [0.25, 0.3) is 0 Å². The lowest BCUT2D eigenvalue weighted by atomic mass is 9.98. The third kappa shape index (κ3) is 3.51. The summed E-state index contributed by atoms with van der Waals surface area (Å²) in [6.07, 6.45) is -0.534. The Morgan fingerprint density at radius 3 is 2.55 bits per heavy atom. The molecule has 1 amide bonds. The van der Waals surface area contributed by atoms with E-state index in [1.165, 1.54) is 0 Å². The van der Waals surface area contributed by atoms with E-state index in [2.05, 4.69) is 5.32 Å². The van der Waals surface area contributed by atoms with Gasteiger partial charge in [0.05, 0.1) is 18.2 Å². The normalized spacial score (nSPS) is 16.7. The number of benzene rings is 3. The summed E-state index contributed by atoms with van der Waals surface area (Å²) < 4.78 is 5.63. The number of hydrogen-bond donors (Lipinski definition) is 2. The quantitative estimate of drug-likeness (QED) is 0.637. The van der Waals surface area contributed by atoms with Crippen LogP contribution in [0.15, 0.2) is 72.8 Å². The number of carbonyl (C=O) groups excluding carboxylic acids is 1. The zero-order valence-corrected chi connectivity index (χ0v) is 16.5. The van der Waals surface area contributed by atoms with Gasteiger partial charge in [-0.05, 0) is 49.7 Å². The second-order valence-corrected chi connectivity index (χ2v) is 7.05. The highest BCUT2D eigenvalue weighted by molar-refractivity contribution is 6.02. The molecule has 2 atom stereocenters. The van der Waals surface area contributed by atoms with Crippen LogP contribution in [0.5, 0.6) is 11.5 Å². The number of anilines is 1. The molecule has 148 valence electrons. The van der Waals surface area contributed by atoms with Crippen LogP contribution in [0.3, 0.4) is 0 Å². The molecule has 1 aliphatic heterocycles. The first-order valence-electron chi connectivity index (χ1n) is 9.79. The van der Waals surface area contributed by atoms with E-state index in [1.807, 2.05) is 68.4 Å². The Kier molecular flexibility index (Phi) is 5.12. The molecule has 4 rings (SSSR count). The van der Waals surface area contributed by atoms with Crippen molar-refractivity contribution in [3.8, 4) is 11.5 Å². The topological polar surface area (TPSA) is 61.8 Å². The lowest BCUT2D eigenvalue weighted by molar-refractivity contribution is 0.0594. The fourth-order valence-corrected chi connectivity index (χ4v) is 3.80. The Morgan fingerprint density at radius 2 is 1.79 bits per heavy atom. The highest BCUT2D eigenvalue weighted by Crippen LogP contribution is 2.41. The third-order valence-corrected chi connectivity index (χ3v) is 5.27. The van der Waals surface area contributed by atoms with Crippen LogP contribution in [0.2, 0.25) is 0 Å². The Hall–Kier alpha value is -3.47. The molecule has 0 aromatic heterocycles. The molecule has 2 N–H and O–H groups in total. The maximum atomic E-state index is 13.5. The van der Waals surface area contributed by atoms with Crippen molar-refractivity contribution in [1.82, 2.24) is 4.90 Å². The second kappa shape index (κ2) is 7.87. The predicted molar refractivity (Wildman–Crippen MR) is 113 cm³/mol. The zero-order chi connectivity index (χ0) is 20.4. The van der Waals surface area contributed by atoms with Crippen LogP contribution in [-0.2, 0) is 0 Å². The van der Waals surface area contributed by atoms with Gasteiger partial charge >= 0.3 is 0 Å². The molecule has 3 aromatic rings. The van der Waals surface area contributed by atoms with Gasteiger partial charge in [-0.3, -0.25) is 4.79 Å². The average Bonchev–Trinajstić information content (AvgIpc) is 2.75. The highest BCUT2D eigenvalue weighted by atomic mass is 16.5. The first kappa shape index (κ1) is 18.9. The Morgan fingerprint density at radius 1 is 1.07 bits per heavy atom. The van der Waals surface area contributed by atoms with Gasteiger partial charge in [0.2, 0.25) is 0 Å². The van der Waals surface area contributed by atoms with Crippen molar-refractivity contribution in [3.63, 3.8) is 0 Å². The van der Waals surface area contributed by atoms with E-state index in [0.717, 1.165) is 11.3 Å². The average molecular weight is 388 g/mol. The van der Waals surface area contributed by atoms with Crippen LogP contribution >= 0.6 is 0 Å². The van der Waals surface area contributed by atoms with Crippen LogP contribution < -0.4 is 10.1 Å². The summed E-state index contributed by atoms with van der Waals surface area (Å²) in [6, 6.07) is 22.3. The maximum absolute atomic E-state index is 13.5. The van der Waals surface area contributed by atoms with Gasteiger partial charge in [-0.2, -0.15) is 0 Å². The van der Waals surface area contributed by atoms with Crippen LogP contribution in [-0.4, -0.2) is 22.5 Å². The molecule has 0 radical (unpaired) electrons. The maximum Gasteiger partial charge on any atom is 0.258 e. The van der Waals surface area contributed by atoms with Crippen molar-refractivity contribution in [2.24, 2.45) is 0 Å². The van der Waals surface area contributed by atoms with Gasteiger partial charge < -0.3 is 20.1 Å². The predicted octanol–water partition coefficient (Wildman–Crippen LogP) is 5.12. The number of aromatic hydroxyl groups is 1. The van der Waals surface area contributed by atoms with E-state index < -0.39 is 6.17 Å². The van der Waals surface area contributed by atoms with Gasteiger partial charge in [0.1, 0.15) is 17.7 Å². The fourth-order valence-electron chi connectivity index (χ4n) is 3.80. The molecule has 0 spiro atoms. The molecule has 1 aliphatic rings. The van der Waals surface area contributed by atoms with Gasteiger partial charge in [0.25, 0.3) is 5.91 Å². The molecule has 0 saturated heterocycles. The van der Waals surface area contributed by atoms with Crippen molar-refractivity contribution in [2.45, 2.75) is 26.1 Å². The van der Waals surface area contributed by atoms with Gasteiger partial charge in [-0.1, -0.05) is 42.5 Å². The van der Waals surface area contributed by atoms with E-state index in [4.69, 9.17) is 4.74 Å². The minimum absolute atomic E-state index is 0.0816. The molecule has 0 bridgehead atoms. The number of nitrogens with zero attached hydrogens (tertiary/aromatic N) is 1. The van der Waals surface area contributed by atoms with Crippen molar-refractivity contribution in [1.29, 1.82) is 0 Å². The van der Waals surface area contributed by atoms with E-state index in [-0.39, 0.29) is 17.7 Å². The second-order valence-electron chi connectivity index (χ2n) is 7.05. The lowest BCUT2D eigenvalue weighted by Crippen LogP contribution is -2.44. The molecule has 1 heterocycles. The van der Waals surface area contributed by atoms with Gasteiger partial charge in [0, 0.05) is 11.3 Å². The van der Waals surface area contributed by atoms with E-state index in [0.29, 0.717) is 23.5 Å². The first-order valence-corrected chi connectivity index (χ1v) is 9.79. The van der Waals surface area contributed by atoms with Gasteiger partial charge in [-0.15, -0.1) is 0 Å². The van der Waals surface area contributed by atoms with Gasteiger partial charge in [-0.25, -0.2) is 0 Å². The summed E-state index contributed by atoms with van der Waals surface area (Å²) in [5, 5.41) is 14.1. The fraction of sp³-hybridized carbons (Fsp3) is 0.208. The highest BCUT2D eigenvalue weighted by Gasteiger charge is 2.37. The molecule has 0 saturated carbocycles. The molecular weight excluding hydrogens is 364 g/mol. The summed E-state index contributed by atoms with van der Waals surface area (Å²) in [5.41, 5.74) is 2.99. The number of rotatable bonds is 5. The number of hydrogen-bond acceptors (Lipinski definition) is 4. The van der Waals surface area contributed by atoms with Crippen LogP contribution in [0.1, 0.15) is 47.5 Å². The van der Waals surface area contributed by atoms with Crippen molar-refractivity contribution in [2.75, 3.05) is 11.9 Å². The number of para-hydroxylation sites is 1. The number of fused-ring (bicyclic) bond motifs is 1. The number of ether oxygens (including phenoxy) is 1. The summed E-state index contributed by atoms with van der Waals surface area (Å²) in [7, 11) is 0. The smallest absolute Gasteiger partial charge is 0.258 e. The SMILES string of the molecule is CCOc1ccc(O)c([C@@H]2Nc3ccccc3C(=O)N2[C@@H](C)c2ccccc2)c1. The molecular formula is C24H24N2O3. The first-order chi connectivity index (χ1) is 14.1. The number of phenols is 1. The molecule has 0 aliphatic carbocycles. The van der Waals surface area contributed by atoms with Crippen molar-refractivity contribution >= 4 is 11.6 Å². The van der Waals surface area contributed by atoms with E-state index in [1.54, 1.807) is 23.1 Å². The largest absolute Gasteiger partial charge is 0.508 e. The summed E-state index contributed by atoms with van der Waals surface area (Å²) >= 11 is 0. The molecule has 0 unspecified atom stereocenters. The molecule has 29 heavy (non-hydrogen) atoms. The number of amides is 1. The number of phenolic OH excluding ortho intramolecular Hbond substituents is 1. The summed E-state index contributed by atoms with van der Waals surface area (Å²) in [6.45, 7) is 4.43. The van der Waals surface area contributed by atoms with E-state index in [9.17, 15) is 9.90 Å². The van der Waals surface area contributed by atoms with Crippen LogP contribution in [0, 0.1) is 0 Å². The summed E-state index contributed by atoms with van der Waals surface area (Å²) in [4.78, 5) is 15.3. The summed E-state index contributed by atoms with van der Waals surface area (Å²) in [5.74, 6) is 0.686. The molecule has 5 nitrogen and oxygen atoms in total.